The minimum absolute atomic E-state index is 0.177. The fraction of sp³-hybridized carbons (Fsp3) is 0.368. The Hall–Kier alpha value is -2.76. The highest BCUT2D eigenvalue weighted by Crippen LogP contribution is 2.56. The molecule has 0 spiro atoms. The molecular weight excluding hydrogens is 314 g/mol. The van der Waals surface area contributed by atoms with Crippen molar-refractivity contribution in [2.24, 2.45) is 11.8 Å². The van der Waals surface area contributed by atoms with E-state index < -0.39 is 0 Å². The molecule has 6 nitrogen and oxygen atoms in total. The second kappa shape index (κ2) is 5.12. The number of carbonyl (C=O) groups excluding carboxylic acids is 1. The number of aromatic nitrogens is 4. The Morgan fingerprint density at radius 2 is 1.80 bits per heavy atom. The van der Waals surface area contributed by atoms with Crippen molar-refractivity contribution in [3.05, 3.63) is 42.5 Å². The van der Waals surface area contributed by atoms with Crippen LogP contribution in [0, 0.1) is 18.8 Å². The van der Waals surface area contributed by atoms with Crippen molar-refractivity contribution < 1.29 is 4.79 Å². The van der Waals surface area contributed by atoms with Gasteiger partial charge in [-0.1, -0.05) is 0 Å². The summed E-state index contributed by atoms with van der Waals surface area (Å²) in [5.41, 5.74) is 3.87. The minimum atomic E-state index is 0.177. The molecule has 3 atom stereocenters. The molecule has 1 saturated carbocycles. The number of hydrogen-bond acceptors (Lipinski definition) is 4. The first-order valence-corrected chi connectivity index (χ1v) is 8.65. The van der Waals surface area contributed by atoms with Crippen molar-refractivity contribution in [1.29, 1.82) is 0 Å². The van der Waals surface area contributed by atoms with Gasteiger partial charge in [-0.15, -0.1) is 0 Å². The number of carbonyl (C=O) groups is 1. The van der Waals surface area contributed by atoms with Crippen molar-refractivity contribution in [1.82, 2.24) is 24.4 Å². The van der Waals surface area contributed by atoms with Gasteiger partial charge in [0.15, 0.2) is 5.65 Å². The molecule has 6 heteroatoms. The number of piperidine rings is 1. The number of pyridine rings is 2. The van der Waals surface area contributed by atoms with E-state index in [9.17, 15) is 4.79 Å². The van der Waals surface area contributed by atoms with Crippen molar-refractivity contribution in [3.63, 3.8) is 0 Å². The zero-order valence-electron chi connectivity index (χ0n) is 14.3. The van der Waals surface area contributed by atoms with Crippen LogP contribution in [0.25, 0.3) is 22.4 Å². The summed E-state index contributed by atoms with van der Waals surface area (Å²) in [5.74, 6) is 2.25. The van der Waals surface area contributed by atoms with E-state index >= 15 is 0 Å². The van der Waals surface area contributed by atoms with E-state index in [2.05, 4.69) is 9.55 Å². The molecular formula is C19H19N5O. The van der Waals surface area contributed by atoms with Crippen LogP contribution >= 0.6 is 0 Å². The Labute approximate surface area is 145 Å². The van der Waals surface area contributed by atoms with Crippen LogP contribution in [-0.2, 0) is 4.79 Å². The van der Waals surface area contributed by atoms with Gasteiger partial charge in [0.1, 0.15) is 11.3 Å². The van der Waals surface area contributed by atoms with Crippen LogP contribution in [0.15, 0.2) is 36.7 Å². The molecule has 1 aliphatic carbocycles. The Bertz CT molecular complexity index is 968. The fourth-order valence-electron chi connectivity index (χ4n) is 4.26. The number of aryl methyl sites for hydroxylation is 1. The predicted octanol–water partition coefficient (Wildman–Crippen LogP) is 2.45. The number of fused-ring (bicyclic) bond motifs is 2. The molecule has 3 aromatic heterocycles. The van der Waals surface area contributed by atoms with E-state index in [1.54, 1.807) is 19.3 Å². The molecule has 0 bridgehead atoms. The summed E-state index contributed by atoms with van der Waals surface area (Å²) in [5, 5.41) is 0. The maximum absolute atomic E-state index is 11.6. The van der Waals surface area contributed by atoms with Gasteiger partial charge in [-0.05, 0) is 31.2 Å². The average molecular weight is 333 g/mol. The van der Waals surface area contributed by atoms with E-state index in [1.165, 1.54) is 0 Å². The van der Waals surface area contributed by atoms with Crippen molar-refractivity contribution >= 4 is 17.1 Å². The second-order valence-electron chi connectivity index (χ2n) is 7.05. The molecule has 4 heterocycles. The molecule has 0 unspecified atom stereocenters. The molecule has 0 aromatic carbocycles. The van der Waals surface area contributed by atoms with E-state index in [0.29, 0.717) is 17.9 Å². The van der Waals surface area contributed by atoms with Gasteiger partial charge in [0.25, 0.3) is 0 Å². The van der Waals surface area contributed by atoms with Gasteiger partial charge in [-0.2, -0.15) is 0 Å². The van der Waals surface area contributed by atoms with Crippen LogP contribution in [0.4, 0.5) is 0 Å². The standard InChI is InChI=1S/C19H19N5O/c1-11-21-17-4-3-16(13-5-7-20-8-6-13)22-19(17)24(11)18-14-9-23(12(2)25)10-15(14)18/h3-8,14-15,18H,9-10H2,1-2H3/t14-,15+,18-. The van der Waals surface area contributed by atoms with E-state index in [4.69, 9.17) is 9.97 Å². The van der Waals surface area contributed by atoms with Crippen molar-refractivity contribution in [2.45, 2.75) is 19.9 Å². The SMILES string of the molecule is CC(=O)N1C[C@@H]2[C@H](C1)[C@@H]2n1c(C)nc2ccc(-c3ccncc3)nc21. The Morgan fingerprint density at radius 1 is 1.08 bits per heavy atom. The normalized spacial score (nSPS) is 24.6. The number of hydrogen-bond donors (Lipinski definition) is 0. The summed E-state index contributed by atoms with van der Waals surface area (Å²) in [6, 6.07) is 8.42. The maximum Gasteiger partial charge on any atom is 0.219 e. The molecule has 1 aliphatic heterocycles. The Balaban J connectivity index is 1.54. The molecule has 25 heavy (non-hydrogen) atoms. The third kappa shape index (κ3) is 2.17. The van der Waals surface area contributed by atoms with Crippen molar-refractivity contribution in [3.8, 4) is 11.3 Å². The first-order valence-electron chi connectivity index (χ1n) is 8.65. The largest absolute Gasteiger partial charge is 0.342 e. The van der Waals surface area contributed by atoms with Gasteiger partial charge in [0, 0.05) is 55.8 Å². The minimum Gasteiger partial charge on any atom is -0.342 e. The van der Waals surface area contributed by atoms with E-state index in [1.807, 2.05) is 36.1 Å². The van der Waals surface area contributed by atoms with E-state index in [-0.39, 0.29) is 5.91 Å². The number of rotatable bonds is 2. The first-order chi connectivity index (χ1) is 12.1. The fourth-order valence-corrected chi connectivity index (χ4v) is 4.26. The summed E-state index contributed by atoms with van der Waals surface area (Å²) in [6.45, 7) is 5.41. The molecule has 0 radical (unpaired) electrons. The molecule has 1 amide bonds. The maximum atomic E-state index is 11.6. The van der Waals surface area contributed by atoms with Crippen molar-refractivity contribution in [2.75, 3.05) is 13.1 Å². The third-order valence-corrected chi connectivity index (χ3v) is 5.58. The molecule has 126 valence electrons. The van der Waals surface area contributed by atoms with Crippen LogP contribution in [-0.4, -0.2) is 43.4 Å². The number of imidazole rings is 1. The summed E-state index contributed by atoms with van der Waals surface area (Å²) in [4.78, 5) is 27.2. The van der Waals surface area contributed by atoms with Crippen LogP contribution in [0.5, 0.6) is 0 Å². The van der Waals surface area contributed by atoms with Crippen LogP contribution in [0.3, 0.4) is 0 Å². The first kappa shape index (κ1) is 14.6. The topological polar surface area (TPSA) is 63.9 Å². The van der Waals surface area contributed by atoms with Gasteiger partial charge in [-0.3, -0.25) is 9.78 Å². The van der Waals surface area contributed by atoms with Gasteiger partial charge >= 0.3 is 0 Å². The highest BCUT2D eigenvalue weighted by Gasteiger charge is 2.58. The lowest BCUT2D eigenvalue weighted by Gasteiger charge is -2.19. The highest BCUT2D eigenvalue weighted by atomic mass is 16.2. The van der Waals surface area contributed by atoms with E-state index in [0.717, 1.165) is 41.3 Å². The lowest BCUT2D eigenvalue weighted by atomic mass is 10.2. The van der Waals surface area contributed by atoms with Crippen LogP contribution in [0.1, 0.15) is 18.8 Å². The second-order valence-corrected chi connectivity index (χ2v) is 7.05. The Kier molecular flexibility index (Phi) is 2.98. The number of nitrogens with zero attached hydrogens (tertiary/aromatic N) is 5. The molecule has 5 rings (SSSR count). The lowest BCUT2D eigenvalue weighted by molar-refractivity contribution is -0.128. The van der Waals surface area contributed by atoms with Crippen LogP contribution in [0.2, 0.25) is 0 Å². The highest BCUT2D eigenvalue weighted by molar-refractivity contribution is 5.77. The van der Waals surface area contributed by atoms with Gasteiger partial charge in [-0.25, -0.2) is 9.97 Å². The zero-order chi connectivity index (χ0) is 17.1. The average Bonchev–Trinajstić information content (AvgIpc) is 2.96. The van der Waals surface area contributed by atoms with Gasteiger partial charge in [0.2, 0.25) is 5.91 Å². The molecule has 0 N–H and O–H groups in total. The molecule has 2 fully saturated rings. The van der Waals surface area contributed by atoms with Gasteiger partial charge < -0.3 is 9.47 Å². The number of likely N-dealkylation sites (tertiary alicyclic amines) is 1. The zero-order valence-corrected chi connectivity index (χ0v) is 14.3. The summed E-state index contributed by atoms with van der Waals surface area (Å²) < 4.78 is 2.28. The monoisotopic (exact) mass is 333 g/mol. The smallest absolute Gasteiger partial charge is 0.219 e. The molecule has 2 aliphatic rings. The summed E-state index contributed by atoms with van der Waals surface area (Å²) >= 11 is 0. The third-order valence-electron chi connectivity index (χ3n) is 5.58. The molecule has 3 aromatic rings. The predicted molar refractivity (Wildman–Crippen MR) is 93.8 cm³/mol. The number of amides is 1. The Morgan fingerprint density at radius 3 is 2.48 bits per heavy atom. The summed E-state index contributed by atoms with van der Waals surface area (Å²) in [6.07, 6.45) is 3.57. The van der Waals surface area contributed by atoms with Crippen LogP contribution < -0.4 is 0 Å². The summed E-state index contributed by atoms with van der Waals surface area (Å²) in [7, 11) is 0. The lowest BCUT2D eigenvalue weighted by Crippen LogP contribution is -2.29. The molecule has 1 saturated heterocycles. The quantitative estimate of drug-likeness (QED) is 0.723. The van der Waals surface area contributed by atoms with Gasteiger partial charge in [0.05, 0.1) is 5.69 Å².